The molecule has 0 unspecified atom stereocenters. The fourth-order valence-electron chi connectivity index (χ4n) is 1.89. The minimum atomic E-state index is -4.62. The van der Waals surface area contributed by atoms with E-state index in [0.29, 0.717) is 0 Å². The number of benzene rings is 1. The maximum atomic E-state index is 12.8. The van der Waals surface area contributed by atoms with Crippen molar-refractivity contribution in [1.29, 1.82) is 5.26 Å². The summed E-state index contributed by atoms with van der Waals surface area (Å²) in [6, 6.07) is 4.55. The number of carboxylic acid groups (broad SMARTS) is 1. The summed E-state index contributed by atoms with van der Waals surface area (Å²) in [7, 11) is 0. The molecular weight excluding hydrogens is 285 g/mol. The Labute approximate surface area is 120 Å². The van der Waals surface area contributed by atoms with Gasteiger partial charge in [0.05, 0.1) is 17.2 Å². The molecular formula is C14H15F3N2O2. The fraction of sp³-hybridized carbons (Fsp3) is 0.429. The van der Waals surface area contributed by atoms with Gasteiger partial charge in [0.2, 0.25) is 0 Å². The summed E-state index contributed by atoms with van der Waals surface area (Å²) in [6.07, 6.45) is -4.62. The highest BCUT2D eigenvalue weighted by Crippen LogP contribution is 2.34. The highest BCUT2D eigenvalue weighted by Gasteiger charge is 2.34. The van der Waals surface area contributed by atoms with Crippen molar-refractivity contribution in [3.05, 3.63) is 29.3 Å². The number of anilines is 1. The molecule has 0 aromatic heterocycles. The first-order valence-electron chi connectivity index (χ1n) is 6.07. The third-order valence-electron chi connectivity index (χ3n) is 2.84. The molecule has 0 amide bonds. The Morgan fingerprint density at radius 1 is 1.33 bits per heavy atom. The summed E-state index contributed by atoms with van der Waals surface area (Å²) >= 11 is 0. The quantitative estimate of drug-likeness (QED) is 0.930. The lowest BCUT2D eigenvalue weighted by Gasteiger charge is -2.36. The molecule has 0 saturated heterocycles. The maximum Gasteiger partial charge on any atom is 0.417 e. The number of hydrogen-bond donors (Lipinski definition) is 1. The molecule has 0 fully saturated rings. The molecule has 0 spiro atoms. The molecule has 0 atom stereocenters. The Balaban J connectivity index is 3.36. The van der Waals surface area contributed by atoms with Gasteiger partial charge in [-0.2, -0.15) is 18.4 Å². The normalized spacial score (nSPS) is 11.9. The Kier molecular flexibility index (Phi) is 4.52. The van der Waals surface area contributed by atoms with Crippen LogP contribution >= 0.6 is 0 Å². The molecule has 0 heterocycles. The molecule has 114 valence electrons. The van der Waals surface area contributed by atoms with Crippen LogP contribution in [0.1, 0.15) is 31.9 Å². The van der Waals surface area contributed by atoms with E-state index in [1.54, 1.807) is 20.8 Å². The standard InChI is InChI=1S/C14H15F3N2O2/c1-13(2,3)19(8-12(20)21)10-4-5-11(14(15,16)17)9(6-10)7-18/h4-6H,8H2,1-3H3,(H,20,21). The van der Waals surface area contributed by atoms with Crippen LogP contribution in [0.4, 0.5) is 18.9 Å². The van der Waals surface area contributed by atoms with Gasteiger partial charge in [-0.1, -0.05) is 0 Å². The SMILES string of the molecule is CC(C)(C)N(CC(=O)O)c1ccc(C(F)(F)F)c(C#N)c1. The van der Waals surface area contributed by atoms with E-state index in [0.717, 1.165) is 12.1 Å². The second-order valence-corrected chi connectivity index (χ2v) is 5.49. The van der Waals surface area contributed by atoms with Crippen molar-refractivity contribution in [2.24, 2.45) is 0 Å². The van der Waals surface area contributed by atoms with Crippen LogP contribution in [-0.2, 0) is 11.0 Å². The van der Waals surface area contributed by atoms with Crippen LogP contribution in [0.2, 0.25) is 0 Å². The number of halogens is 3. The van der Waals surface area contributed by atoms with Gasteiger partial charge in [-0.3, -0.25) is 4.79 Å². The zero-order valence-electron chi connectivity index (χ0n) is 11.8. The van der Waals surface area contributed by atoms with Crippen LogP contribution in [0.5, 0.6) is 0 Å². The van der Waals surface area contributed by atoms with Gasteiger partial charge < -0.3 is 10.0 Å². The zero-order chi connectivity index (χ0) is 16.4. The van der Waals surface area contributed by atoms with Gasteiger partial charge >= 0.3 is 12.1 Å². The van der Waals surface area contributed by atoms with Crippen molar-refractivity contribution in [3.8, 4) is 6.07 Å². The summed E-state index contributed by atoms with van der Waals surface area (Å²) in [5.41, 5.74) is -1.92. The van der Waals surface area contributed by atoms with Crippen molar-refractivity contribution in [1.82, 2.24) is 0 Å². The number of nitriles is 1. The second kappa shape index (κ2) is 5.64. The second-order valence-electron chi connectivity index (χ2n) is 5.49. The summed E-state index contributed by atoms with van der Waals surface area (Å²) in [6.45, 7) is 4.83. The Morgan fingerprint density at radius 2 is 1.90 bits per heavy atom. The molecule has 1 aromatic rings. The molecule has 1 rings (SSSR count). The van der Waals surface area contributed by atoms with Gasteiger partial charge in [0, 0.05) is 11.2 Å². The summed E-state index contributed by atoms with van der Waals surface area (Å²) in [5, 5.41) is 17.8. The largest absolute Gasteiger partial charge is 0.480 e. The molecule has 1 N–H and O–H groups in total. The summed E-state index contributed by atoms with van der Waals surface area (Å²) in [4.78, 5) is 12.4. The number of carboxylic acids is 1. The van der Waals surface area contributed by atoms with E-state index >= 15 is 0 Å². The van der Waals surface area contributed by atoms with Crippen molar-refractivity contribution in [3.63, 3.8) is 0 Å². The van der Waals surface area contributed by atoms with Gasteiger partial charge in [0.25, 0.3) is 0 Å². The molecule has 0 radical (unpaired) electrons. The highest BCUT2D eigenvalue weighted by molar-refractivity contribution is 5.74. The molecule has 21 heavy (non-hydrogen) atoms. The number of aliphatic carboxylic acids is 1. The number of rotatable bonds is 3. The first-order valence-corrected chi connectivity index (χ1v) is 6.07. The Hall–Kier alpha value is -2.23. The van der Waals surface area contributed by atoms with Crippen molar-refractivity contribution in [2.45, 2.75) is 32.5 Å². The van der Waals surface area contributed by atoms with Crippen LogP contribution in [0.15, 0.2) is 18.2 Å². The first-order chi connectivity index (χ1) is 9.46. The average Bonchev–Trinajstić information content (AvgIpc) is 2.32. The van der Waals surface area contributed by atoms with E-state index in [2.05, 4.69) is 0 Å². The van der Waals surface area contributed by atoms with E-state index in [-0.39, 0.29) is 12.2 Å². The van der Waals surface area contributed by atoms with Crippen molar-refractivity contribution < 1.29 is 23.1 Å². The van der Waals surface area contributed by atoms with E-state index in [4.69, 9.17) is 10.4 Å². The van der Waals surface area contributed by atoms with Gasteiger partial charge in [-0.25, -0.2) is 0 Å². The highest BCUT2D eigenvalue weighted by atomic mass is 19.4. The van der Waals surface area contributed by atoms with E-state index in [9.17, 15) is 18.0 Å². The van der Waals surface area contributed by atoms with E-state index in [1.807, 2.05) is 0 Å². The third kappa shape index (κ3) is 4.12. The van der Waals surface area contributed by atoms with Gasteiger partial charge in [-0.05, 0) is 39.0 Å². The maximum absolute atomic E-state index is 12.8. The fourth-order valence-corrected chi connectivity index (χ4v) is 1.89. The van der Waals surface area contributed by atoms with Crippen LogP contribution in [0.25, 0.3) is 0 Å². The smallest absolute Gasteiger partial charge is 0.417 e. The summed E-state index contributed by atoms with van der Waals surface area (Å²) in [5.74, 6) is -1.11. The van der Waals surface area contributed by atoms with Gasteiger partial charge in [0.15, 0.2) is 0 Å². The molecule has 0 aliphatic heterocycles. The Bertz CT molecular complexity index is 583. The lowest BCUT2D eigenvalue weighted by Crippen LogP contribution is -2.44. The number of alkyl halides is 3. The molecule has 0 aliphatic carbocycles. The first kappa shape index (κ1) is 16.8. The molecule has 0 bridgehead atoms. The minimum absolute atomic E-state index is 0.259. The van der Waals surface area contributed by atoms with Crippen LogP contribution < -0.4 is 4.90 Å². The van der Waals surface area contributed by atoms with E-state index < -0.39 is 28.8 Å². The van der Waals surface area contributed by atoms with Crippen molar-refractivity contribution in [2.75, 3.05) is 11.4 Å². The predicted octanol–water partition coefficient (Wildman–Crippen LogP) is 3.27. The van der Waals surface area contributed by atoms with Gasteiger partial charge in [0.1, 0.15) is 6.54 Å². The molecule has 0 saturated carbocycles. The topological polar surface area (TPSA) is 64.3 Å². The molecule has 1 aromatic carbocycles. The number of nitrogens with zero attached hydrogens (tertiary/aromatic N) is 2. The van der Waals surface area contributed by atoms with Crippen LogP contribution in [0, 0.1) is 11.3 Å². The van der Waals surface area contributed by atoms with Crippen LogP contribution in [-0.4, -0.2) is 23.2 Å². The molecule has 0 aliphatic rings. The lowest BCUT2D eigenvalue weighted by atomic mass is 10.0. The Morgan fingerprint density at radius 3 is 2.29 bits per heavy atom. The average molecular weight is 300 g/mol. The van der Waals surface area contributed by atoms with Crippen molar-refractivity contribution >= 4 is 11.7 Å². The molecule has 7 heteroatoms. The van der Waals surface area contributed by atoms with E-state index in [1.165, 1.54) is 17.0 Å². The third-order valence-corrected chi connectivity index (χ3v) is 2.84. The number of carbonyl (C=O) groups is 1. The monoisotopic (exact) mass is 300 g/mol. The summed E-state index contributed by atoms with van der Waals surface area (Å²) < 4.78 is 38.3. The van der Waals surface area contributed by atoms with Gasteiger partial charge in [-0.15, -0.1) is 0 Å². The lowest BCUT2D eigenvalue weighted by molar-refractivity contribution is -0.138. The number of hydrogen-bond acceptors (Lipinski definition) is 3. The molecule has 4 nitrogen and oxygen atoms in total. The predicted molar refractivity (Wildman–Crippen MR) is 70.9 cm³/mol. The van der Waals surface area contributed by atoms with Crippen LogP contribution in [0.3, 0.4) is 0 Å². The minimum Gasteiger partial charge on any atom is -0.480 e. The zero-order valence-corrected chi connectivity index (χ0v) is 11.8.